The molecule has 0 radical (unpaired) electrons. The number of rotatable bonds is 2. The van der Waals surface area contributed by atoms with Gasteiger partial charge in [-0.05, 0) is 12.1 Å². The van der Waals surface area contributed by atoms with Gasteiger partial charge >= 0.3 is 0 Å². The van der Waals surface area contributed by atoms with Crippen molar-refractivity contribution in [2.45, 2.75) is 19.3 Å². The van der Waals surface area contributed by atoms with Crippen LogP contribution in [0.5, 0.6) is 11.5 Å². The summed E-state index contributed by atoms with van der Waals surface area (Å²) in [5.41, 5.74) is 6.24. The zero-order valence-electron chi connectivity index (χ0n) is 19.6. The van der Waals surface area contributed by atoms with Gasteiger partial charge in [-0.3, -0.25) is 0 Å². The summed E-state index contributed by atoms with van der Waals surface area (Å²) in [5, 5.41) is 2.33. The lowest BCUT2D eigenvalue weighted by Gasteiger charge is -2.35. The fourth-order valence-electron chi connectivity index (χ4n) is 5.39. The Bertz CT molecular complexity index is 1730. The quantitative estimate of drug-likeness (QED) is 0.270. The van der Waals surface area contributed by atoms with Gasteiger partial charge in [0.15, 0.2) is 11.6 Å². The maximum absolute atomic E-state index is 6.65. The summed E-state index contributed by atoms with van der Waals surface area (Å²) in [6, 6.07) is 31.3. The summed E-state index contributed by atoms with van der Waals surface area (Å²) >= 11 is 0. The third kappa shape index (κ3) is 2.86. The van der Waals surface area contributed by atoms with Gasteiger partial charge in [-0.25, -0.2) is 9.97 Å². The number of para-hydroxylation sites is 2. The molecule has 0 bridgehead atoms. The van der Waals surface area contributed by atoms with E-state index in [0.717, 1.165) is 39.2 Å². The first-order valence-corrected chi connectivity index (χ1v) is 11.8. The highest BCUT2D eigenvalue weighted by molar-refractivity contribution is 6.12. The lowest BCUT2D eigenvalue weighted by molar-refractivity contribution is 0.421. The largest absolute Gasteiger partial charge is 0.454 e. The standard InChI is InChI=1S/C31H23N3O/c1-31(2)24-13-7-9-15-27(24)35-29-25(31)17-16-23-22-12-6-8-14-26(22)34(28(23)29)21-18-32-30(33-19-21)20-10-4-3-5-11-20/h3-19H,1-2H3. The molecule has 3 heterocycles. The van der Waals surface area contributed by atoms with E-state index < -0.39 is 0 Å². The normalized spacial score (nSPS) is 13.9. The number of aromatic nitrogens is 3. The van der Waals surface area contributed by atoms with Crippen molar-refractivity contribution in [1.29, 1.82) is 0 Å². The number of nitrogens with zero attached hydrogens (tertiary/aromatic N) is 3. The first kappa shape index (κ1) is 20.0. The third-order valence-electron chi connectivity index (χ3n) is 7.16. The van der Waals surface area contributed by atoms with Crippen LogP contribution in [-0.4, -0.2) is 14.5 Å². The second kappa shape index (κ2) is 7.28. The van der Waals surface area contributed by atoms with Crippen molar-refractivity contribution < 1.29 is 4.74 Å². The highest BCUT2D eigenvalue weighted by Crippen LogP contribution is 2.51. The SMILES string of the molecule is CC1(C)c2ccccc2Oc2c1ccc1c3ccccc3n(-c3cnc(-c4ccccc4)nc3)c21. The molecule has 7 rings (SSSR count). The van der Waals surface area contributed by atoms with Gasteiger partial charge in [0.1, 0.15) is 5.75 Å². The monoisotopic (exact) mass is 453 g/mol. The van der Waals surface area contributed by atoms with E-state index in [0.29, 0.717) is 5.82 Å². The van der Waals surface area contributed by atoms with Gasteiger partial charge in [-0.1, -0.05) is 92.7 Å². The Morgan fingerprint density at radius 1 is 0.686 bits per heavy atom. The molecule has 2 aromatic heterocycles. The van der Waals surface area contributed by atoms with Gasteiger partial charge in [0.2, 0.25) is 0 Å². The fourth-order valence-corrected chi connectivity index (χ4v) is 5.39. The van der Waals surface area contributed by atoms with E-state index in [1.807, 2.05) is 48.8 Å². The highest BCUT2D eigenvalue weighted by Gasteiger charge is 2.36. The maximum atomic E-state index is 6.65. The summed E-state index contributed by atoms with van der Waals surface area (Å²) in [7, 11) is 0. The van der Waals surface area contributed by atoms with Crippen LogP contribution in [0.2, 0.25) is 0 Å². The number of hydrogen-bond donors (Lipinski definition) is 0. The lowest BCUT2D eigenvalue weighted by atomic mass is 9.75. The first-order valence-electron chi connectivity index (χ1n) is 11.8. The van der Waals surface area contributed by atoms with Crippen molar-refractivity contribution in [1.82, 2.24) is 14.5 Å². The molecule has 6 aromatic rings. The molecule has 0 unspecified atom stereocenters. The second-order valence-electron chi connectivity index (χ2n) is 9.55. The summed E-state index contributed by atoms with van der Waals surface area (Å²) < 4.78 is 8.89. The Morgan fingerprint density at radius 2 is 1.40 bits per heavy atom. The molecule has 0 N–H and O–H groups in total. The van der Waals surface area contributed by atoms with Gasteiger partial charge < -0.3 is 9.30 Å². The van der Waals surface area contributed by atoms with Gasteiger partial charge in [0.25, 0.3) is 0 Å². The van der Waals surface area contributed by atoms with Crippen molar-refractivity contribution >= 4 is 21.8 Å². The Labute approximate surface area is 203 Å². The van der Waals surface area contributed by atoms with Crippen molar-refractivity contribution in [2.75, 3.05) is 0 Å². The van der Waals surface area contributed by atoms with Crippen LogP contribution in [0.1, 0.15) is 25.0 Å². The molecule has 0 aliphatic carbocycles. The van der Waals surface area contributed by atoms with Crippen molar-refractivity contribution in [3.05, 3.63) is 115 Å². The topological polar surface area (TPSA) is 39.9 Å². The van der Waals surface area contributed by atoms with Gasteiger partial charge in [-0.2, -0.15) is 0 Å². The average molecular weight is 454 g/mol. The van der Waals surface area contributed by atoms with E-state index in [2.05, 4.69) is 73.0 Å². The van der Waals surface area contributed by atoms with Crippen molar-refractivity contribution in [3.63, 3.8) is 0 Å². The van der Waals surface area contributed by atoms with E-state index in [-0.39, 0.29) is 5.41 Å². The minimum absolute atomic E-state index is 0.187. The molecule has 0 saturated heterocycles. The summed E-state index contributed by atoms with van der Waals surface area (Å²) in [6.07, 6.45) is 3.81. The number of hydrogen-bond acceptors (Lipinski definition) is 3. The molecular weight excluding hydrogens is 430 g/mol. The van der Waals surface area contributed by atoms with E-state index in [1.165, 1.54) is 16.5 Å². The molecular formula is C31H23N3O. The lowest BCUT2D eigenvalue weighted by Crippen LogP contribution is -2.24. The Morgan fingerprint density at radius 3 is 2.23 bits per heavy atom. The second-order valence-corrected chi connectivity index (χ2v) is 9.55. The third-order valence-corrected chi connectivity index (χ3v) is 7.16. The minimum atomic E-state index is -0.187. The zero-order chi connectivity index (χ0) is 23.6. The molecule has 35 heavy (non-hydrogen) atoms. The Kier molecular flexibility index (Phi) is 4.15. The molecule has 4 heteroatoms. The van der Waals surface area contributed by atoms with E-state index in [4.69, 9.17) is 14.7 Å². The van der Waals surface area contributed by atoms with Crippen LogP contribution in [-0.2, 0) is 5.41 Å². The van der Waals surface area contributed by atoms with Gasteiger partial charge in [0.05, 0.1) is 29.1 Å². The molecule has 1 aliphatic rings. The predicted molar refractivity (Wildman–Crippen MR) is 140 cm³/mol. The van der Waals surface area contributed by atoms with Crippen LogP contribution in [0.15, 0.2) is 103 Å². The Balaban J connectivity index is 1.52. The van der Waals surface area contributed by atoms with E-state index in [9.17, 15) is 0 Å². The van der Waals surface area contributed by atoms with Crippen LogP contribution in [0.25, 0.3) is 38.9 Å². The smallest absolute Gasteiger partial charge is 0.159 e. The zero-order valence-corrected chi connectivity index (χ0v) is 19.6. The summed E-state index contributed by atoms with van der Waals surface area (Å²) in [5.74, 6) is 2.52. The summed E-state index contributed by atoms with van der Waals surface area (Å²) in [4.78, 5) is 9.44. The number of benzene rings is 4. The molecule has 168 valence electrons. The molecule has 0 fully saturated rings. The molecule has 0 atom stereocenters. The van der Waals surface area contributed by atoms with Crippen LogP contribution in [0, 0.1) is 0 Å². The first-order chi connectivity index (χ1) is 17.1. The molecule has 4 nitrogen and oxygen atoms in total. The molecule has 0 amide bonds. The predicted octanol–water partition coefficient (Wildman–Crippen LogP) is 7.67. The van der Waals surface area contributed by atoms with Crippen LogP contribution in [0.3, 0.4) is 0 Å². The molecule has 0 saturated carbocycles. The van der Waals surface area contributed by atoms with Gasteiger partial charge in [0, 0.05) is 32.9 Å². The van der Waals surface area contributed by atoms with Crippen LogP contribution < -0.4 is 4.74 Å². The number of ether oxygens (including phenoxy) is 1. The maximum Gasteiger partial charge on any atom is 0.159 e. The van der Waals surface area contributed by atoms with E-state index in [1.54, 1.807) is 0 Å². The minimum Gasteiger partial charge on any atom is -0.454 e. The summed E-state index contributed by atoms with van der Waals surface area (Å²) in [6.45, 7) is 4.54. The van der Waals surface area contributed by atoms with E-state index >= 15 is 0 Å². The van der Waals surface area contributed by atoms with Crippen molar-refractivity contribution in [3.8, 4) is 28.6 Å². The molecule has 0 spiro atoms. The number of fused-ring (bicyclic) bond motifs is 6. The molecule has 4 aromatic carbocycles. The van der Waals surface area contributed by atoms with Crippen LogP contribution >= 0.6 is 0 Å². The average Bonchev–Trinajstić information content (AvgIpc) is 3.24. The van der Waals surface area contributed by atoms with Crippen LogP contribution in [0.4, 0.5) is 0 Å². The van der Waals surface area contributed by atoms with Gasteiger partial charge in [-0.15, -0.1) is 0 Å². The molecule has 1 aliphatic heterocycles. The fraction of sp³-hybridized carbons (Fsp3) is 0.0968. The Hall–Kier alpha value is -4.44. The van der Waals surface area contributed by atoms with Crippen molar-refractivity contribution in [2.24, 2.45) is 0 Å². The highest BCUT2D eigenvalue weighted by atomic mass is 16.5.